The number of nitrogen functional groups attached to an aromatic ring is 2. The molecule has 0 aromatic heterocycles. The van der Waals surface area contributed by atoms with Crippen LogP contribution in [0, 0.1) is 0 Å². The molecule has 106 valence electrons. The van der Waals surface area contributed by atoms with Gasteiger partial charge in [0.25, 0.3) is 0 Å². The Morgan fingerprint density at radius 3 is 2.05 bits per heavy atom. The van der Waals surface area contributed by atoms with E-state index in [1.807, 2.05) is 0 Å². The molecule has 0 unspecified atom stereocenters. The van der Waals surface area contributed by atoms with Crippen molar-refractivity contribution in [1.82, 2.24) is 0 Å². The fraction of sp³-hybridized carbons (Fsp3) is 0.0769. The highest BCUT2D eigenvalue weighted by Crippen LogP contribution is 2.29. The molecule has 20 heavy (non-hydrogen) atoms. The van der Waals surface area contributed by atoms with E-state index in [0.29, 0.717) is 11.4 Å². The molecule has 0 saturated heterocycles. The monoisotopic (exact) mass is 283 g/mol. The quantitative estimate of drug-likeness (QED) is 0.459. The smallest absolute Gasteiger partial charge is 0.406 e. The molecule has 0 spiro atoms. The van der Waals surface area contributed by atoms with Crippen LogP contribution in [0.2, 0.25) is 0 Å². The van der Waals surface area contributed by atoms with Gasteiger partial charge in [0.05, 0.1) is 11.4 Å². The second-order valence-corrected chi connectivity index (χ2v) is 4.02. The van der Waals surface area contributed by atoms with Gasteiger partial charge < -0.3 is 15.9 Å². The Balaban J connectivity index is 2.24. The molecule has 0 fully saturated rings. The molecule has 0 atom stereocenters. The average molecular weight is 283 g/mol. The van der Waals surface area contributed by atoms with Gasteiger partial charge in [0.1, 0.15) is 5.75 Å². The zero-order chi connectivity index (χ0) is 14.8. The van der Waals surface area contributed by atoms with Crippen LogP contribution in [0.1, 0.15) is 0 Å². The fourth-order valence-corrected chi connectivity index (χ4v) is 1.72. The third kappa shape index (κ3) is 3.33. The molecule has 0 aliphatic heterocycles. The van der Waals surface area contributed by atoms with Crippen molar-refractivity contribution in [2.75, 3.05) is 11.2 Å². The van der Waals surface area contributed by atoms with E-state index < -0.39 is 6.36 Å². The third-order valence-corrected chi connectivity index (χ3v) is 2.63. The number of nitrogens with one attached hydrogen (secondary N) is 1. The highest BCUT2D eigenvalue weighted by molar-refractivity contribution is 5.75. The summed E-state index contributed by atoms with van der Waals surface area (Å²) in [6.45, 7) is 0. The van der Waals surface area contributed by atoms with Crippen LogP contribution in [0.25, 0.3) is 11.1 Å². The molecule has 0 amide bonds. The van der Waals surface area contributed by atoms with E-state index in [1.165, 1.54) is 24.3 Å². The maximum Gasteiger partial charge on any atom is 0.573 e. The van der Waals surface area contributed by atoms with Crippen LogP contribution in [0.4, 0.5) is 24.5 Å². The summed E-state index contributed by atoms with van der Waals surface area (Å²) in [5.41, 5.74) is 10.7. The number of rotatable bonds is 3. The van der Waals surface area contributed by atoms with Crippen LogP contribution in [0.3, 0.4) is 0 Å². The number of nitrogens with two attached hydrogens (primary N) is 2. The van der Waals surface area contributed by atoms with Crippen molar-refractivity contribution in [3.05, 3.63) is 42.5 Å². The predicted octanol–water partition coefficient (Wildman–Crippen LogP) is 3.12. The SMILES string of the molecule is NNc1ccc(-c2ccc(OC(F)(F)F)cc2)cc1N. The minimum Gasteiger partial charge on any atom is -0.406 e. The Labute approximate surface area is 113 Å². The lowest BCUT2D eigenvalue weighted by atomic mass is 10.0. The van der Waals surface area contributed by atoms with Crippen molar-refractivity contribution >= 4 is 11.4 Å². The molecule has 0 saturated carbocycles. The van der Waals surface area contributed by atoms with Gasteiger partial charge >= 0.3 is 6.36 Å². The molecule has 0 aliphatic rings. The molecular weight excluding hydrogens is 271 g/mol. The Kier molecular flexibility index (Phi) is 3.71. The van der Waals surface area contributed by atoms with Crippen molar-refractivity contribution in [3.63, 3.8) is 0 Å². The average Bonchev–Trinajstić information content (AvgIpc) is 2.37. The summed E-state index contributed by atoms with van der Waals surface area (Å²) in [7, 11) is 0. The molecule has 2 aromatic rings. The van der Waals surface area contributed by atoms with E-state index in [9.17, 15) is 13.2 Å². The summed E-state index contributed by atoms with van der Waals surface area (Å²) in [6.07, 6.45) is -4.69. The molecule has 2 aromatic carbocycles. The van der Waals surface area contributed by atoms with Gasteiger partial charge in [-0.1, -0.05) is 18.2 Å². The lowest BCUT2D eigenvalue weighted by molar-refractivity contribution is -0.274. The first-order valence-electron chi connectivity index (χ1n) is 5.61. The van der Waals surface area contributed by atoms with Crippen molar-refractivity contribution in [1.29, 1.82) is 0 Å². The number of hydrogen-bond donors (Lipinski definition) is 3. The van der Waals surface area contributed by atoms with Crippen molar-refractivity contribution in [2.24, 2.45) is 5.84 Å². The van der Waals surface area contributed by atoms with E-state index in [2.05, 4.69) is 10.2 Å². The van der Waals surface area contributed by atoms with Crippen LogP contribution < -0.4 is 21.7 Å². The molecule has 5 N–H and O–H groups in total. The Morgan fingerprint density at radius 2 is 1.55 bits per heavy atom. The molecule has 2 rings (SSSR count). The number of ether oxygens (including phenoxy) is 1. The van der Waals surface area contributed by atoms with E-state index in [4.69, 9.17) is 11.6 Å². The number of halogens is 3. The van der Waals surface area contributed by atoms with E-state index in [1.54, 1.807) is 18.2 Å². The number of hydrogen-bond acceptors (Lipinski definition) is 4. The Morgan fingerprint density at radius 1 is 0.950 bits per heavy atom. The number of benzene rings is 2. The van der Waals surface area contributed by atoms with Gasteiger partial charge in [0.15, 0.2) is 0 Å². The first kappa shape index (κ1) is 14.0. The first-order valence-corrected chi connectivity index (χ1v) is 5.61. The van der Waals surface area contributed by atoms with Crippen LogP contribution in [0.5, 0.6) is 5.75 Å². The standard InChI is InChI=1S/C13H12F3N3O/c14-13(15,16)20-10-4-1-8(2-5-10)9-3-6-12(19-18)11(17)7-9/h1-7,19H,17-18H2. The zero-order valence-corrected chi connectivity index (χ0v) is 10.2. The van der Waals surface area contributed by atoms with Crippen molar-refractivity contribution in [2.45, 2.75) is 6.36 Å². The van der Waals surface area contributed by atoms with Gasteiger partial charge in [0, 0.05) is 0 Å². The molecule has 0 radical (unpaired) electrons. The summed E-state index contributed by atoms with van der Waals surface area (Å²) in [5, 5.41) is 0. The first-order chi connectivity index (χ1) is 9.39. The second-order valence-electron chi connectivity index (χ2n) is 4.02. The van der Waals surface area contributed by atoms with E-state index in [-0.39, 0.29) is 5.75 Å². The van der Waals surface area contributed by atoms with Crippen LogP contribution in [0.15, 0.2) is 42.5 Å². The van der Waals surface area contributed by atoms with Gasteiger partial charge in [-0.15, -0.1) is 13.2 Å². The molecule has 0 aliphatic carbocycles. The molecule has 7 heteroatoms. The Hall–Kier alpha value is -2.41. The summed E-state index contributed by atoms with van der Waals surface area (Å²) >= 11 is 0. The van der Waals surface area contributed by atoms with Gasteiger partial charge in [-0.25, -0.2) is 0 Å². The predicted molar refractivity (Wildman–Crippen MR) is 70.8 cm³/mol. The minimum atomic E-state index is -4.69. The lowest BCUT2D eigenvalue weighted by Gasteiger charge is -2.10. The molecule has 0 heterocycles. The summed E-state index contributed by atoms with van der Waals surface area (Å²) in [5.74, 6) is 5.00. The molecule has 4 nitrogen and oxygen atoms in total. The highest BCUT2D eigenvalue weighted by Gasteiger charge is 2.30. The van der Waals surface area contributed by atoms with Crippen molar-refractivity contribution in [3.8, 4) is 16.9 Å². The number of hydrazine groups is 1. The largest absolute Gasteiger partial charge is 0.573 e. The van der Waals surface area contributed by atoms with Gasteiger partial charge in [-0.3, -0.25) is 5.84 Å². The van der Waals surface area contributed by atoms with E-state index >= 15 is 0 Å². The minimum absolute atomic E-state index is 0.269. The maximum atomic E-state index is 12.0. The van der Waals surface area contributed by atoms with Gasteiger partial charge in [0.2, 0.25) is 0 Å². The summed E-state index contributed by atoms with van der Waals surface area (Å²) in [4.78, 5) is 0. The number of alkyl halides is 3. The van der Waals surface area contributed by atoms with E-state index in [0.717, 1.165) is 11.1 Å². The summed E-state index contributed by atoms with van der Waals surface area (Å²) in [6, 6.07) is 10.6. The second kappa shape index (κ2) is 5.30. The highest BCUT2D eigenvalue weighted by atomic mass is 19.4. The van der Waals surface area contributed by atoms with Gasteiger partial charge in [-0.05, 0) is 35.4 Å². The maximum absolute atomic E-state index is 12.0. The van der Waals surface area contributed by atoms with Crippen LogP contribution in [-0.2, 0) is 0 Å². The zero-order valence-electron chi connectivity index (χ0n) is 10.2. The molecular formula is C13H12F3N3O. The fourth-order valence-electron chi connectivity index (χ4n) is 1.72. The normalized spacial score (nSPS) is 11.2. The topological polar surface area (TPSA) is 73.3 Å². The van der Waals surface area contributed by atoms with Gasteiger partial charge in [-0.2, -0.15) is 0 Å². The third-order valence-electron chi connectivity index (χ3n) is 2.63. The van der Waals surface area contributed by atoms with Crippen molar-refractivity contribution < 1.29 is 17.9 Å². The Bertz CT molecular complexity index is 597. The summed E-state index contributed by atoms with van der Waals surface area (Å²) < 4.78 is 39.9. The number of anilines is 2. The molecule has 0 bridgehead atoms. The van der Waals surface area contributed by atoms with Crippen LogP contribution >= 0.6 is 0 Å². The van der Waals surface area contributed by atoms with Crippen LogP contribution in [-0.4, -0.2) is 6.36 Å². The lowest BCUT2D eigenvalue weighted by Crippen LogP contribution is -2.16.